The molecular formula is C67H67B2N5. The molecule has 0 aliphatic rings. The number of imidazole rings is 1. The molecule has 0 radical (unpaired) electrons. The van der Waals surface area contributed by atoms with E-state index in [4.69, 9.17) is 0 Å². The average molecular weight is 964 g/mol. The Morgan fingerprint density at radius 1 is 0.351 bits per heavy atom. The molecule has 0 bridgehead atoms. The Hall–Kier alpha value is -8.54. The van der Waals surface area contributed by atoms with Gasteiger partial charge < -0.3 is 0 Å². The van der Waals surface area contributed by atoms with Crippen LogP contribution in [0.5, 0.6) is 0 Å². The summed E-state index contributed by atoms with van der Waals surface area (Å²) in [5, 5.41) is 4.49. The predicted molar refractivity (Wildman–Crippen MR) is 313 cm³/mol. The lowest BCUT2D eigenvalue weighted by molar-refractivity contribution is -0.697. The number of benzene rings is 9. The van der Waals surface area contributed by atoms with E-state index < -0.39 is 12.3 Å². The summed E-state index contributed by atoms with van der Waals surface area (Å²) in [7, 11) is 0. The highest BCUT2D eigenvalue weighted by Crippen LogP contribution is 2.14. The van der Waals surface area contributed by atoms with E-state index in [0.29, 0.717) is 0 Å². The van der Waals surface area contributed by atoms with Crippen molar-refractivity contribution in [1.29, 1.82) is 0 Å². The number of unbranched alkanes of at least 4 members (excludes halogenated alkanes) is 2. The molecule has 7 heteroatoms. The third kappa shape index (κ3) is 11.4. The molecule has 0 aliphatic heterocycles. The highest BCUT2D eigenvalue weighted by molar-refractivity contribution is 7.20. The summed E-state index contributed by atoms with van der Waals surface area (Å²) in [4.78, 5) is 0. The SMILES string of the molecule is CCCC[n+]1ccn(-c2cccc(-n3c[n+](CCCC)cn3)c2)c1.c1ccc([B-](c2ccccc2)(c2ccccc2)c2ccccc2)cc1.c1ccc([B-](c2ccccc2)(c2ccccc2)c2ccccc2)cc1. The molecule has 0 unspecified atom stereocenters. The maximum Gasteiger partial charge on any atom is 0.265 e. The van der Waals surface area contributed by atoms with E-state index in [1.807, 2.05) is 11.0 Å². The molecule has 0 atom stereocenters. The van der Waals surface area contributed by atoms with E-state index in [0.717, 1.165) is 24.5 Å². The van der Waals surface area contributed by atoms with E-state index in [1.54, 1.807) is 0 Å². The van der Waals surface area contributed by atoms with Crippen LogP contribution in [0, 0.1) is 0 Å². The van der Waals surface area contributed by atoms with Gasteiger partial charge in [-0.1, -0.05) is 280 Å². The third-order valence-corrected chi connectivity index (χ3v) is 14.6. The first-order chi connectivity index (χ1) is 36.6. The molecule has 0 saturated carbocycles. The van der Waals surface area contributed by atoms with E-state index in [1.165, 1.54) is 69.4 Å². The fourth-order valence-electron chi connectivity index (χ4n) is 11.0. The summed E-state index contributed by atoms with van der Waals surface area (Å²) in [6, 6.07) is 95.5. The van der Waals surface area contributed by atoms with Gasteiger partial charge in [0.2, 0.25) is 12.7 Å². The Bertz CT molecular complexity index is 2780. The average Bonchev–Trinajstić information content (AvgIpc) is 4.19. The molecule has 0 aliphatic carbocycles. The highest BCUT2D eigenvalue weighted by atomic mass is 15.3. The van der Waals surface area contributed by atoms with Crippen LogP contribution in [0.4, 0.5) is 0 Å². The Labute approximate surface area is 439 Å². The van der Waals surface area contributed by atoms with Gasteiger partial charge in [0.15, 0.2) is 0 Å². The van der Waals surface area contributed by atoms with Crippen molar-refractivity contribution in [3.63, 3.8) is 0 Å². The summed E-state index contributed by atoms with van der Waals surface area (Å²) in [5.74, 6) is 0. The van der Waals surface area contributed by atoms with Crippen molar-refractivity contribution in [2.45, 2.75) is 52.6 Å². The van der Waals surface area contributed by atoms with Crippen molar-refractivity contribution in [1.82, 2.24) is 14.3 Å². The molecule has 0 N–H and O–H groups in total. The van der Waals surface area contributed by atoms with Crippen molar-refractivity contribution in [3.8, 4) is 11.4 Å². The molecule has 2 heterocycles. The lowest BCUT2D eigenvalue weighted by Crippen LogP contribution is -2.74. The van der Waals surface area contributed by atoms with Crippen LogP contribution in [0.3, 0.4) is 0 Å². The van der Waals surface area contributed by atoms with Gasteiger partial charge in [-0.3, -0.25) is 0 Å². The molecule has 74 heavy (non-hydrogen) atoms. The Morgan fingerprint density at radius 2 is 0.662 bits per heavy atom. The second-order valence-electron chi connectivity index (χ2n) is 19.2. The second-order valence-corrected chi connectivity index (χ2v) is 19.2. The van der Waals surface area contributed by atoms with Crippen LogP contribution in [0.25, 0.3) is 11.4 Å². The molecule has 2 aromatic heterocycles. The van der Waals surface area contributed by atoms with Gasteiger partial charge in [-0.05, 0) is 25.0 Å². The molecule has 0 fully saturated rings. The van der Waals surface area contributed by atoms with Crippen LogP contribution in [0.15, 0.2) is 298 Å². The molecule has 9 aromatic carbocycles. The fraction of sp³-hybridized carbons (Fsp3) is 0.119. The Morgan fingerprint density at radius 3 is 0.986 bits per heavy atom. The van der Waals surface area contributed by atoms with Gasteiger partial charge in [0.25, 0.3) is 6.33 Å². The van der Waals surface area contributed by atoms with E-state index in [9.17, 15) is 0 Å². The van der Waals surface area contributed by atoms with Crippen molar-refractivity contribution in [3.05, 3.63) is 298 Å². The fourth-order valence-corrected chi connectivity index (χ4v) is 11.0. The van der Waals surface area contributed by atoms with Gasteiger partial charge >= 0.3 is 0 Å². The lowest BCUT2D eigenvalue weighted by Gasteiger charge is -2.44. The lowest BCUT2D eigenvalue weighted by atomic mass is 9.13. The first kappa shape index (κ1) is 50.4. The summed E-state index contributed by atoms with van der Waals surface area (Å²) in [6.07, 6.45) is 12.7. The van der Waals surface area contributed by atoms with Gasteiger partial charge in [-0.15, -0.1) is 0 Å². The number of nitrogens with zero attached hydrogens (tertiary/aromatic N) is 5. The molecule has 11 aromatic rings. The Balaban J connectivity index is 0.000000136. The number of aromatic nitrogens is 5. The largest absolute Gasteiger partial charge is 0.265 e. The monoisotopic (exact) mass is 964 g/mol. The second kappa shape index (κ2) is 25.2. The molecule has 0 saturated heterocycles. The molecule has 0 spiro atoms. The molecule has 5 nitrogen and oxygen atoms in total. The first-order valence-corrected chi connectivity index (χ1v) is 26.5. The number of rotatable bonds is 16. The summed E-state index contributed by atoms with van der Waals surface area (Å²) in [6.45, 7) is 6.52. The molecule has 0 amide bonds. The van der Waals surface area contributed by atoms with Gasteiger partial charge in [-0.25, -0.2) is 13.7 Å². The van der Waals surface area contributed by atoms with Gasteiger partial charge in [0.05, 0.1) is 13.1 Å². The molecule has 11 rings (SSSR count). The highest BCUT2D eigenvalue weighted by Gasteiger charge is 2.32. The maximum absolute atomic E-state index is 4.49. The zero-order chi connectivity index (χ0) is 50.7. The van der Waals surface area contributed by atoms with E-state index >= 15 is 0 Å². The molecule has 366 valence electrons. The van der Waals surface area contributed by atoms with Crippen LogP contribution in [0.1, 0.15) is 39.5 Å². The number of hydrogen-bond donors (Lipinski definition) is 0. The zero-order valence-corrected chi connectivity index (χ0v) is 42.9. The third-order valence-electron chi connectivity index (χ3n) is 14.6. The van der Waals surface area contributed by atoms with Gasteiger partial charge in [0, 0.05) is 11.2 Å². The van der Waals surface area contributed by atoms with E-state index in [-0.39, 0.29) is 0 Å². The van der Waals surface area contributed by atoms with Crippen LogP contribution < -0.4 is 52.8 Å². The van der Waals surface area contributed by atoms with Gasteiger partial charge in [0.1, 0.15) is 36.1 Å². The van der Waals surface area contributed by atoms with Crippen molar-refractivity contribution < 1.29 is 9.13 Å². The first-order valence-electron chi connectivity index (χ1n) is 26.5. The van der Waals surface area contributed by atoms with Crippen LogP contribution in [-0.4, -0.2) is 26.6 Å². The topological polar surface area (TPSA) is 30.5 Å². The van der Waals surface area contributed by atoms with Crippen molar-refractivity contribution >= 4 is 56.0 Å². The summed E-state index contributed by atoms with van der Waals surface area (Å²) < 4.78 is 8.48. The van der Waals surface area contributed by atoms with Gasteiger partial charge in [-0.2, -0.15) is 43.7 Å². The summed E-state index contributed by atoms with van der Waals surface area (Å²) in [5.41, 5.74) is 12.9. The normalized spacial score (nSPS) is 11.2. The Kier molecular flexibility index (Phi) is 17.2. The standard InChI is InChI=1S/2C24H20B.C19H27N5/c2*1-5-13-21(14-6-1)25(22-15-7-2-8-16-22,23-17-9-3-10-18-23)24-19-11-4-12-20-24;1-3-5-10-21-12-13-23(16-21)18-8-7-9-19(14-18)24-17-22(15-20-24)11-6-4-2/h2*1-20H;7-9,12-17H,3-6,10-11H2,1-2H3/q2*-1;+2. The zero-order valence-electron chi connectivity index (χ0n) is 42.9. The summed E-state index contributed by atoms with van der Waals surface area (Å²) >= 11 is 0. The van der Waals surface area contributed by atoms with Crippen LogP contribution in [-0.2, 0) is 13.1 Å². The quantitative estimate of drug-likeness (QED) is 0.0704. The van der Waals surface area contributed by atoms with Crippen molar-refractivity contribution in [2.24, 2.45) is 0 Å². The minimum Gasteiger partial charge on any atom is -0.237 e. The minimum atomic E-state index is -1.22. The minimum absolute atomic E-state index is 1.02. The predicted octanol–water partition coefficient (Wildman–Crippen LogP) is 8.97. The van der Waals surface area contributed by atoms with E-state index in [2.05, 4.69) is 325 Å². The number of aryl methyl sites for hydroxylation is 2. The maximum atomic E-state index is 4.49. The smallest absolute Gasteiger partial charge is 0.237 e. The molecular weight excluding hydrogens is 896 g/mol. The number of hydrogen-bond acceptors (Lipinski definition) is 1. The van der Waals surface area contributed by atoms with Crippen LogP contribution in [0.2, 0.25) is 0 Å². The van der Waals surface area contributed by atoms with Crippen molar-refractivity contribution in [2.75, 3.05) is 0 Å². The van der Waals surface area contributed by atoms with Crippen LogP contribution >= 0.6 is 0 Å².